The third-order valence-electron chi connectivity index (χ3n) is 2.92. The molecule has 0 aliphatic carbocycles. The maximum atomic E-state index is 12.0. The first-order valence-corrected chi connectivity index (χ1v) is 6.86. The highest BCUT2D eigenvalue weighted by atomic mass is 16.1. The van der Waals surface area contributed by atoms with Crippen LogP contribution in [0.4, 0.5) is 11.4 Å². The maximum absolute atomic E-state index is 12.0. The van der Waals surface area contributed by atoms with Gasteiger partial charge in [-0.1, -0.05) is 18.2 Å². The van der Waals surface area contributed by atoms with E-state index in [9.17, 15) is 4.79 Å². The lowest BCUT2D eigenvalue weighted by atomic mass is 10.3. The van der Waals surface area contributed by atoms with Crippen LogP contribution in [-0.4, -0.2) is 43.0 Å². The van der Waals surface area contributed by atoms with E-state index in [1.54, 1.807) is 12.3 Å². The summed E-state index contributed by atoms with van der Waals surface area (Å²) in [5.41, 5.74) is 2.07. The van der Waals surface area contributed by atoms with Crippen LogP contribution in [0.2, 0.25) is 0 Å². The molecule has 110 valence electrons. The topological polar surface area (TPSA) is 57.3 Å². The fraction of sp³-hybridized carbons (Fsp3) is 0.250. The Morgan fingerprint density at radius 2 is 1.86 bits per heavy atom. The van der Waals surface area contributed by atoms with E-state index in [-0.39, 0.29) is 5.91 Å². The molecule has 2 N–H and O–H groups in total. The van der Waals surface area contributed by atoms with Gasteiger partial charge >= 0.3 is 0 Å². The Balaban J connectivity index is 1.91. The van der Waals surface area contributed by atoms with Crippen LogP contribution in [0.3, 0.4) is 0 Å². The second kappa shape index (κ2) is 7.40. The number of carbonyl (C=O) groups excluding carboxylic acids is 1. The van der Waals surface area contributed by atoms with Crippen LogP contribution in [0.15, 0.2) is 48.7 Å². The summed E-state index contributed by atoms with van der Waals surface area (Å²) in [5.74, 6) is -0.207. The van der Waals surface area contributed by atoms with Crippen LogP contribution < -0.4 is 10.6 Å². The van der Waals surface area contributed by atoms with Gasteiger partial charge in [0.25, 0.3) is 5.91 Å². The molecule has 0 unspecified atom stereocenters. The first kappa shape index (κ1) is 15.0. The highest BCUT2D eigenvalue weighted by Crippen LogP contribution is 2.09. The standard InChI is InChI=1S/C16H20N4O/c1-20(2)11-10-17-14-8-9-15(18-12-14)16(21)19-13-6-4-3-5-7-13/h3-9,12,17H,10-11H2,1-2H3,(H,19,21). The first-order valence-electron chi connectivity index (χ1n) is 6.86. The Morgan fingerprint density at radius 3 is 2.48 bits per heavy atom. The number of para-hydroxylation sites is 1. The zero-order chi connectivity index (χ0) is 15.1. The number of hydrogen-bond donors (Lipinski definition) is 2. The zero-order valence-electron chi connectivity index (χ0n) is 12.3. The number of nitrogens with zero attached hydrogens (tertiary/aromatic N) is 2. The van der Waals surface area contributed by atoms with E-state index < -0.39 is 0 Å². The van der Waals surface area contributed by atoms with Crippen LogP contribution in [0.1, 0.15) is 10.5 Å². The SMILES string of the molecule is CN(C)CCNc1ccc(C(=O)Nc2ccccc2)nc1. The van der Waals surface area contributed by atoms with Crippen molar-refractivity contribution in [2.45, 2.75) is 0 Å². The number of rotatable bonds is 6. The van der Waals surface area contributed by atoms with Gasteiger partial charge < -0.3 is 15.5 Å². The van der Waals surface area contributed by atoms with Crippen molar-refractivity contribution >= 4 is 17.3 Å². The third kappa shape index (κ3) is 4.89. The quantitative estimate of drug-likeness (QED) is 0.854. The molecule has 0 saturated carbocycles. The van der Waals surface area contributed by atoms with Crippen molar-refractivity contribution in [1.29, 1.82) is 0 Å². The van der Waals surface area contributed by atoms with E-state index in [0.29, 0.717) is 5.69 Å². The van der Waals surface area contributed by atoms with Gasteiger partial charge in [0.2, 0.25) is 0 Å². The minimum absolute atomic E-state index is 0.207. The summed E-state index contributed by atoms with van der Waals surface area (Å²) in [4.78, 5) is 18.3. The molecule has 1 heterocycles. The lowest BCUT2D eigenvalue weighted by Crippen LogP contribution is -2.21. The number of nitrogens with one attached hydrogen (secondary N) is 2. The van der Waals surface area contributed by atoms with Gasteiger partial charge in [-0.3, -0.25) is 4.79 Å². The molecule has 0 saturated heterocycles. The summed E-state index contributed by atoms with van der Waals surface area (Å²) < 4.78 is 0. The summed E-state index contributed by atoms with van der Waals surface area (Å²) in [6.45, 7) is 1.78. The second-order valence-electron chi connectivity index (χ2n) is 4.98. The molecule has 5 nitrogen and oxygen atoms in total. The van der Waals surface area contributed by atoms with Crippen LogP contribution in [0.5, 0.6) is 0 Å². The molecule has 0 spiro atoms. The molecule has 0 aliphatic heterocycles. The predicted octanol–water partition coefficient (Wildman–Crippen LogP) is 2.31. The molecule has 0 radical (unpaired) electrons. The number of anilines is 2. The Labute approximate surface area is 125 Å². The highest BCUT2D eigenvalue weighted by Gasteiger charge is 2.07. The summed E-state index contributed by atoms with van der Waals surface area (Å²) in [7, 11) is 4.05. The van der Waals surface area contributed by atoms with Gasteiger partial charge in [0.05, 0.1) is 11.9 Å². The van der Waals surface area contributed by atoms with Crippen molar-refractivity contribution in [2.24, 2.45) is 0 Å². The number of carbonyl (C=O) groups is 1. The number of likely N-dealkylation sites (N-methyl/N-ethyl adjacent to an activating group) is 1. The molecule has 2 aromatic rings. The van der Waals surface area contributed by atoms with Crippen LogP contribution in [0, 0.1) is 0 Å². The van der Waals surface area contributed by atoms with Gasteiger partial charge in [-0.2, -0.15) is 0 Å². The van der Waals surface area contributed by atoms with Gasteiger partial charge in [-0.25, -0.2) is 4.98 Å². The van der Waals surface area contributed by atoms with Crippen molar-refractivity contribution in [3.05, 3.63) is 54.4 Å². The number of aromatic nitrogens is 1. The van der Waals surface area contributed by atoms with Crippen molar-refractivity contribution in [3.63, 3.8) is 0 Å². The number of amides is 1. The fourth-order valence-electron chi connectivity index (χ4n) is 1.77. The Hall–Kier alpha value is -2.40. The Morgan fingerprint density at radius 1 is 1.10 bits per heavy atom. The van der Waals surface area contributed by atoms with Crippen molar-refractivity contribution in [1.82, 2.24) is 9.88 Å². The van der Waals surface area contributed by atoms with Gasteiger partial charge in [0, 0.05) is 18.8 Å². The normalized spacial score (nSPS) is 10.4. The van der Waals surface area contributed by atoms with E-state index >= 15 is 0 Å². The average molecular weight is 284 g/mol. The van der Waals surface area contributed by atoms with Gasteiger partial charge in [-0.05, 0) is 38.4 Å². The summed E-state index contributed by atoms with van der Waals surface area (Å²) >= 11 is 0. The molecule has 5 heteroatoms. The van der Waals surface area contributed by atoms with E-state index in [1.165, 1.54) is 0 Å². The molecule has 0 atom stereocenters. The van der Waals surface area contributed by atoms with Crippen LogP contribution >= 0.6 is 0 Å². The summed E-state index contributed by atoms with van der Waals surface area (Å²) in [6.07, 6.45) is 1.68. The molecule has 21 heavy (non-hydrogen) atoms. The van der Waals surface area contributed by atoms with Crippen molar-refractivity contribution < 1.29 is 4.79 Å². The summed E-state index contributed by atoms with van der Waals surface area (Å²) in [5, 5.41) is 6.06. The molecule has 0 aliphatic rings. The van der Waals surface area contributed by atoms with Gasteiger partial charge in [0.1, 0.15) is 5.69 Å². The van der Waals surface area contributed by atoms with Crippen molar-refractivity contribution in [2.75, 3.05) is 37.8 Å². The van der Waals surface area contributed by atoms with E-state index in [1.807, 2.05) is 50.5 Å². The van der Waals surface area contributed by atoms with E-state index in [4.69, 9.17) is 0 Å². The van der Waals surface area contributed by atoms with E-state index in [0.717, 1.165) is 24.5 Å². The zero-order valence-corrected chi connectivity index (χ0v) is 12.3. The molecule has 0 fully saturated rings. The smallest absolute Gasteiger partial charge is 0.274 e. The molecule has 2 rings (SSSR count). The average Bonchev–Trinajstić information content (AvgIpc) is 2.48. The second-order valence-corrected chi connectivity index (χ2v) is 4.98. The minimum Gasteiger partial charge on any atom is -0.383 e. The van der Waals surface area contributed by atoms with Crippen LogP contribution in [-0.2, 0) is 0 Å². The van der Waals surface area contributed by atoms with Crippen molar-refractivity contribution in [3.8, 4) is 0 Å². The van der Waals surface area contributed by atoms with Gasteiger partial charge in [-0.15, -0.1) is 0 Å². The monoisotopic (exact) mass is 284 g/mol. The molecule has 1 aromatic carbocycles. The first-order chi connectivity index (χ1) is 10.1. The fourth-order valence-corrected chi connectivity index (χ4v) is 1.77. The maximum Gasteiger partial charge on any atom is 0.274 e. The molecular formula is C16H20N4O. The molecule has 0 bridgehead atoms. The lowest BCUT2D eigenvalue weighted by molar-refractivity contribution is 0.102. The number of benzene rings is 1. The van der Waals surface area contributed by atoms with E-state index in [2.05, 4.69) is 20.5 Å². The Kier molecular flexibility index (Phi) is 5.29. The molecule has 1 aromatic heterocycles. The predicted molar refractivity (Wildman–Crippen MR) is 85.7 cm³/mol. The number of hydrogen-bond acceptors (Lipinski definition) is 4. The third-order valence-corrected chi connectivity index (χ3v) is 2.92. The molecule has 1 amide bonds. The lowest BCUT2D eigenvalue weighted by Gasteiger charge is -2.11. The minimum atomic E-state index is -0.207. The highest BCUT2D eigenvalue weighted by molar-refractivity contribution is 6.02. The Bertz CT molecular complexity index is 567. The molecular weight excluding hydrogens is 264 g/mol. The number of pyridine rings is 1. The largest absolute Gasteiger partial charge is 0.383 e. The van der Waals surface area contributed by atoms with Gasteiger partial charge in [0.15, 0.2) is 0 Å². The van der Waals surface area contributed by atoms with Crippen LogP contribution in [0.25, 0.3) is 0 Å². The summed E-state index contributed by atoms with van der Waals surface area (Å²) in [6, 6.07) is 12.9.